The first-order chi connectivity index (χ1) is 20.3. The highest BCUT2D eigenvalue weighted by Gasteiger charge is 2.22. The lowest BCUT2D eigenvalue weighted by Gasteiger charge is -2.09. The summed E-state index contributed by atoms with van der Waals surface area (Å²) in [7, 11) is 1.45. The zero-order chi connectivity index (χ0) is 29.6. The molecule has 0 aliphatic carbocycles. The molecule has 15 heteroatoms. The topological polar surface area (TPSA) is 170 Å². The largest absolute Gasteiger partial charge is 0.497 e. The molecule has 5 aromatic rings. The number of rotatable bonds is 9. The van der Waals surface area contributed by atoms with Gasteiger partial charge in [-0.25, -0.2) is 18.6 Å². The van der Waals surface area contributed by atoms with E-state index in [0.29, 0.717) is 24.8 Å². The van der Waals surface area contributed by atoms with Gasteiger partial charge in [-0.2, -0.15) is 4.98 Å². The Kier molecular flexibility index (Phi) is 8.29. The fraction of sp³-hybridized carbons (Fsp3) is 0.111. The molecular formula is C27H22F2N8O4S. The lowest BCUT2D eigenvalue weighted by molar-refractivity contribution is 0.102. The molecule has 0 fully saturated rings. The molecule has 12 nitrogen and oxygen atoms in total. The van der Waals surface area contributed by atoms with Crippen molar-refractivity contribution in [3.05, 3.63) is 83.7 Å². The molecule has 0 aliphatic rings. The Hall–Kier alpha value is -5.44. The number of urea groups is 1. The molecule has 42 heavy (non-hydrogen) atoms. The van der Waals surface area contributed by atoms with Crippen LogP contribution in [0.5, 0.6) is 5.75 Å². The SMILES string of the molecule is COc1cccc(C(=O)Nc2cc(-c3noc(-c4sc(NC(=O)NCCc5ccccn5)nc4N)n3)c(F)cc2F)c1. The molecule has 0 spiro atoms. The van der Waals surface area contributed by atoms with Crippen LogP contribution in [0.25, 0.3) is 22.2 Å². The van der Waals surface area contributed by atoms with Gasteiger partial charge in [0.2, 0.25) is 5.82 Å². The highest BCUT2D eigenvalue weighted by atomic mass is 32.1. The van der Waals surface area contributed by atoms with Crippen LogP contribution in [-0.2, 0) is 6.42 Å². The zero-order valence-corrected chi connectivity index (χ0v) is 22.7. The molecule has 0 aliphatic heterocycles. The lowest BCUT2D eigenvalue weighted by atomic mass is 10.1. The summed E-state index contributed by atoms with van der Waals surface area (Å²) >= 11 is 0.960. The summed E-state index contributed by atoms with van der Waals surface area (Å²) in [5, 5.41) is 11.6. The molecule has 3 amide bonds. The number of nitrogens with one attached hydrogen (secondary N) is 3. The number of benzene rings is 2. The Morgan fingerprint density at radius 3 is 2.69 bits per heavy atom. The average molecular weight is 593 g/mol. The van der Waals surface area contributed by atoms with E-state index in [4.69, 9.17) is 15.0 Å². The van der Waals surface area contributed by atoms with E-state index in [0.717, 1.165) is 23.1 Å². The highest BCUT2D eigenvalue weighted by Crippen LogP contribution is 2.35. The normalized spacial score (nSPS) is 10.7. The fourth-order valence-corrected chi connectivity index (χ4v) is 4.53. The van der Waals surface area contributed by atoms with Gasteiger partial charge in [0.15, 0.2) is 5.13 Å². The van der Waals surface area contributed by atoms with Crippen molar-refractivity contribution >= 4 is 39.9 Å². The van der Waals surface area contributed by atoms with Crippen molar-refractivity contribution in [2.45, 2.75) is 6.42 Å². The number of anilines is 3. The van der Waals surface area contributed by atoms with Gasteiger partial charge >= 0.3 is 6.03 Å². The maximum absolute atomic E-state index is 14.7. The number of carbonyl (C=O) groups excluding carboxylic acids is 2. The van der Waals surface area contributed by atoms with Crippen molar-refractivity contribution in [1.82, 2.24) is 25.4 Å². The number of methoxy groups -OCH3 is 1. The number of amides is 3. The monoisotopic (exact) mass is 592 g/mol. The maximum atomic E-state index is 14.7. The van der Waals surface area contributed by atoms with Crippen molar-refractivity contribution in [2.75, 3.05) is 30.0 Å². The number of ether oxygens (including phenoxy) is 1. The summed E-state index contributed by atoms with van der Waals surface area (Å²) in [5.74, 6) is -2.53. The van der Waals surface area contributed by atoms with Gasteiger partial charge in [-0.05, 0) is 36.4 Å². The van der Waals surface area contributed by atoms with Crippen molar-refractivity contribution in [3.63, 3.8) is 0 Å². The third-order valence-corrected chi connectivity index (χ3v) is 6.74. The third-order valence-electron chi connectivity index (χ3n) is 5.76. The molecule has 214 valence electrons. The predicted octanol–water partition coefficient (Wildman–Crippen LogP) is 4.74. The number of nitrogens with zero attached hydrogens (tertiary/aromatic N) is 4. The molecule has 2 aromatic carbocycles. The molecule has 5 rings (SSSR count). The Morgan fingerprint density at radius 2 is 1.90 bits per heavy atom. The average Bonchev–Trinajstić information content (AvgIpc) is 3.61. The Labute approximate surface area is 241 Å². The molecular weight excluding hydrogens is 570 g/mol. The van der Waals surface area contributed by atoms with Crippen molar-refractivity contribution in [1.29, 1.82) is 0 Å². The van der Waals surface area contributed by atoms with E-state index in [-0.39, 0.29) is 44.4 Å². The Balaban J connectivity index is 1.28. The number of halogens is 2. The zero-order valence-electron chi connectivity index (χ0n) is 21.9. The van der Waals surface area contributed by atoms with Crippen LogP contribution >= 0.6 is 11.3 Å². The number of carbonyl (C=O) groups is 2. The quantitative estimate of drug-likeness (QED) is 0.189. The van der Waals surface area contributed by atoms with E-state index in [1.54, 1.807) is 24.4 Å². The number of hydrogen-bond donors (Lipinski definition) is 4. The molecule has 0 bridgehead atoms. The van der Waals surface area contributed by atoms with E-state index >= 15 is 0 Å². The minimum absolute atomic E-state index is 0.00944. The maximum Gasteiger partial charge on any atom is 0.321 e. The highest BCUT2D eigenvalue weighted by molar-refractivity contribution is 7.19. The van der Waals surface area contributed by atoms with E-state index in [9.17, 15) is 18.4 Å². The van der Waals surface area contributed by atoms with Gasteiger partial charge in [0.1, 0.15) is 28.1 Å². The molecule has 0 saturated heterocycles. The third kappa shape index (κ3) is 6.47. The summed E-state index contributed by atoms with van der Waals surface area (Å²) < 4.78 is 39.6. The van der Waals surface area contributed by atoms with Gasteiger partial charge in [-0.15, -0.1) is 0 Å². The Bertz CT molecular complexity index is 1750. The molecule has 5 N–H and O–H groups in total. The minimum Gasteiger partial charge on any atom is -0.497 e. The van der Waals surface area contributed by atoms with Crippen LogP contribution in [-0.4, -0.2) is 45.7 Å². The number of thiazole rings is 1. The van der Waals surface area contributed by atoms with Crippen LogP contribution in [0.1, 0.15) is 16.1 Å². The number of aromatic nitrogens is 4. The van der Waals surface area contributed by atoms with Crippen LogP contribution in [0.4, 0.5) is 30.2 Å². The van der Waals surface area contributed by atoms with Crippen molar-refractivity contribution < 1.29 is 27.6 Å². The summed E-state index contributed by atoms with van der Waals surface area (Å²) in [5.41, 5.74) is 6.48. The second-order valence-corrected chi connectivity index (χ2v) is 9.61. The van der Waals surface area contributed by atoms with Crippen molar-refractivity contribution in [2.24, 2.45) is 0 Å². The molecule has 0 radical (unpaired) electrons. The van der Waals surface area contributed by atoms with Crippen LogP contribution in [0.15, 0.2) is 65.3 Å². The number of pyridine rings is 1. The van der Waals surface area contributed by atoms with Crippen LogP contribution in [0.3, 0.4) is 0 Å². The molecule has 0 saturated carbocycles. The van der Waals surface area contributed by atoms with E-state index in [1.165, 1.54) is 19.2 Å². The molecule has 0 atom stereocenters. The van der Waals surface area contributed by atoms with Gasteiger partial charge in [-0.3, -0.25) is 15.1 Å². The Morgan fingerprint density at radius 1 is 1.05 bits per heavy atom. The summed E-state index contributed by atoms with van der Waals surface area (Å²) in [6.45, 7) is 0.342. The number of hydrogen-bond acceptors (Lipinski definition) is 10. The van der Waals surface area contributed by atoms with Crippen LogP contribution in [0, 0.1) is 11.6 Å². The van der Waals surface area contributed by atoms with Gasteiger partial charge in [0.25, 0.3) is 11.8 Å². The second-order valence-electron chi connectivity index (χ2n) is 8.61. The van der Waals surface area contributed by atoms with E-state index in [2.05, 4.69) is 36.1 Å². The molecule has 3 aromatic heterocycles. The fourth-order valence-electron chi connectivity index (χ4n) is 3.73. The molecule has 3 heterocycles. The number of nitrogens with two attached hydrogens (primary N) is 1. The second kappa shape index (κ2) is 12.4. The van der Waals surface area contributed by atoms with Crippen LogP contribution < -0.4 is 26.4 Å². The standard InChI is InChI=1S/C27H22F2N8O4S/c1-40-16-7-4-5-14(11-16)24(38)33-20-12-17(18(28)13-19(20)29)23-35-25(41-37-23)21-22(30)34-27(42-21)36-26(39)32-10-8-15-6-2-3-9-31-15/h2-7,9,11-13H,8,10,30H2,1H3,(H,33,38)(H2,32,34,36,39). The minimum atomic E-state index is -1.00. The summed E-state index contributed by atoms with van der Waals surface area (Å²) in [6, 6.07) is 12.9. The predicted molar refractivity (Wildman–Crippen MR) is 151 cm³/mol. The van der Waals surface area contributed by atoms with Crippen molar-refractivity contribution in [3.8, 4) is 27.9 Å². The van der Waals surface area contributed by atoms with Gasteiger partial charge in [-0.1, -0.05) is 28.6 Å². The number of nitrogen functional groups attached to an aromatic ring is 1. The van der Waals surface area contributed by atoms with E-state index < -0.39 is 23.6 Å². The first kappa shape index (κ1) is 28.1. The first-order valence-corrected chi connectivity index (χ1v) is 13.1. The first-order valence-electron chi connectivity index (χ1n) is 12.3. The van der Waals surface area contributed by atoms with Gasteiger partial charge in [0, 0.05) is 36.5 Å². The smallest absolute Gasteiger partial charge is 0.321 e. The lowest BCUT2D eigenvalue weighted by Crippen LogP contribution is -2.30. The van der Waals surface area contributed by atoms with Crippen LogP contribution in [0.2, 0.25) is 0 Å². The molecule has 0 unspecified atom stereocenters. The van der Waals surface area contributed by atoms with Gasteiger partial charge in [0.05, 0.1) is 18.4 Å². The summed E-state index contributed by atoms with van der Waals surface area (Å²) in [4.78, 5) is 37.6. The van der Waals surface area contributed by atoms with Gasteiger partial charge < -0.3 is 25.6 Å². The summed E-state index contributed by atoms with van der Waals surface area (Å²) in [6.07, 6.45) is 2.21. The van der Waals surface area contributed by atoms with E-state index in [1.807, 2.05) is 12.1 Å².